The number of rotatable bonds is 23. The number of hydrogen-bond donors (Lipinski definition) is 0. The van der Waals surface area contributed by atoms with Crippen molar-refractivity contribution in [2.75, 3.05) is 25.2 Å². The van der Waals surface area contributed by atoms with Gasteiger partial charge in [-0.15, -0.1) is 0 Å². The van der Waals surface area contributed by atoms with Gasteiger partial charge in [0.05, 0.1) is 0 Å². The molecular formula is C32H61P. The summed E-state index contributed by atoms with van der Waals surface area (Å²) in [4.78, 5) is 0. The van der Waals surface area contributed by atoms with E-state index in [-0.39, 0.29) is 0 Å². The molecule has 0 radical (unpaired) electrons. The standard InChI is InChI=1S/C32H61P/c1-5-8-11-14-17-23-28-33(4,29-24-18-15-12-9-6-2,30-25-19-16-13-10-7-3)31-32-26-21-20-22-27-32/h20-22,26-27H,5-19,23-25,28-31H2,1-4H3. The molecule has 0 aromatic heterocycles. The predicted molar refractivity (Wildman–Crippen MR) is 158 cm³/mol. The molecule has 0 aliphatic carbocycles. The third-order valence-electron chi connectivity index (χ3n) is 8.15. The Kier molecular flexibility index (Phi) is 17.6. The summed E-state index contributed by atoms with van der Waals surface area (Å²) in [5.41, 5.74) is 1.63. The SMILES string of the molecule is CCCCCCCCP(C)(CCCCCCCC)(CCCCCCCC)Cc1ccccc1. The Hall–Kier alpha value is -0.350. The molecule has 1 rings (SSSR count). The van der Waals surface area contributed by atoms with Gasteiger partial charge in [-0.3, -0.25) is 0 Å². The van der Waals surface area contributed by atoms with Crippen LogP contribution in [-0.4, -0.2) is 25.2 Å². The van der Waals surface area contributed by atoms with Crippen LogP contribution in [0.1, 0.15) is 142 Å². The molecule has 0 saturated carbocycles. The molecule has 0 heterocycles. The Morgan fingerprint density at radius 1 is 0.455 bits per heavy atom. The van der Waals surface area contributed by atoms with E-state index in [2.05, 4.69) is 57.8 Å². The fourth-order valence-corrected chi connectivity index (χ4v) is 12.0. The molecule has 0 spiro atoms. The zero-order chi connectivity index (χ0) is 24.1. The van der Waals surface area contributed by atoms with Crippen molar-refractivity contribution in [3.63, 3.8) is 0 Å². The van der Waals surface area contributed by atoms with Crippen molar-refractivity contribution in [2.45, 2.75) is 143 Å². The van der Waals surface area contributed by atoms with Crippen molar-refractivity contribution in [3.8, 4) is 0 Å². The molecule has 0 fully saturated rings. The van der Waals surface area contributed by atoms with Crippen LogP contribution >= 0.6 is 6.60 Å². The summed E-state index contributed by atoms with van der Waals surface area (Å²) in [6.07, 6.45) is 32.0. The topological polar surface area (TPSA) is 0 Å². The second-order valence-electron chi connectivity index (χ2n) is 11.7. The van der Waals surface area contributed by atoms with E-state index in [0.717, 1.165) is 0 Å². The fourth-order valence-electron chi connectivity index (χ4n) is 5.88. The minimum absolute atomic E-state index is 1.36. The van der Waals surface area contributed by atoms with Gasteiger partial charge >= 0.3 is 210 Å². The Morgan fingerprint density at radius 3 is 1.15 bits per heavy atom. The van der Waals surface area contributed by atoms with Gasteiger partial charge in [0.1, 0.15) is 0 Å². The van der Waals surface area contributed by atoms with E-state index < -0.39 is 6.60 Å². The van der Waals surface area contributed by atoms with E-state index in [9.17, 15) is 0 Å². The van der Waals surface area contributed by atoms with Crippen molar-refractivity contribution in [2.24, 2.45) is 0 Å². The van der Waals surface area contributed by atoms with Crippen LogP contribution in [0.4, 0.5) is 0 Å². The molecule has 0 aliphatic rings. The number of benzene rings is 1. The molecule has 0 nitrogen and oxygen atoms in total. The van der Waals surface area contributed by atoms with Crippen LogP contribution in [0.2, 0.25) is 0 Å². The van der Waals surface area contributed by atoms with Gasteiger partial charge < -0.3 is 0 Å². The summed E-state index contributed by atoms with van der Waals surface area (Å²) in [6.45, 7) is 8.11. The molecule has 33 heavy (non-hydrogen) atoms. The second-order valence-corrected chi connectivity index (χ2v) is 18.6. The molecule has 0 amide bonds. The van der Waals surface area contributed by atoms with E-state index in [4.69, 9.17) is 0 Å². The van der Waals surface area contributed by atoms with Gasteiger partial charge in [0, 0.05) is 0 Å². The Balaban J connectivity index is 2.84. The molecule has 1 heteroatoms. The normalized spacial score (nSPS) is 13.2. The van der Waals surface area contributed by atoms with Crippen LogP contribution in [0.15, 0.2) is 30.3 Å². The summed E-state index contributed by atoms with van der Waals surface area (Å²) in [5, 5.41) is 0. The van der Waals surface area contributed by atoms with Crippen molar-refractivity contribution in [1.29, 1.82) is 0 Å². The van der Waals surface area contributed by atoms with Gasteiger partial charge in [0.25, 0.3) is 0 Å². The first-order valence-corrected chi connectivity index (χ1v) is 18.5. The molecular weight excluding hydrogens is 415 g/mol. The molecule has 0 unspecified atom stereocenters. The Morgan fingerprint density at radius 2 is 0.788 bits per heavy atom. The molecule has 1 aromatic carbocycles. The molecule has 0 bridgehead atoms. The van der Waals surface area contributed by atoms with Crippen LogP contribution in [-0.2, 0) is 6.16 Å². The summed E-state index contributed by atoms with van der Waals surface area (Å²) in [7, 11) is 0. The zero-order valence-electron chi connectivity index (χ0n) is 23.4. The quantitative estimate of drug-likeness (QED) is 0.109. The molecule has 1 aromatic rings. The number of hydrogen-bond acceptors (Lipinski definition) is 0. The minimum atomic E-state index is -1.74. The van der Waals surface area contributed by atoms with Gasteiger partial charge in [-0.05, 0) is 0 Å². The first-order valence-electron chi connectivity index (χ1n) is 15.1. The van der Waals surface area contributed by atoms with Crippen LogP contribution in [0.3, 0.4) is 0 Å². The van der Waals surface area contributed by atoms with E-state index in [0.29, 0.717) is 0 Å². The van der Waals surface area contributed by atoms with Gasteiger partial charge in [0.2, 0.25) is 0 Å². The average Bonchev–Trinajstić information content (AvgIpc) is 2.82. The molecule has 0 N–H and O–H groups in total. The van der Waals surface area contributed by atoms with E-state index >= 15 is 0 Å². The van der Waals surface area contributed by atoms with Crippen LogP contribution in [0.25, 0.3) is 0 Å². The summed E-state index contributed by atoms with van der Waals surface area (Å²) >= 11 is 0. The average molecular weight is 477 g/mol. The predicted octanol–water partition coefficient (Wildman–Crippen LogP) is 11.5. The van der Waals surface area contributed by atoms with Crippen LogP contribution in [0.5, 0.6) is 0 Å². The number of unbranched alkanes of at least 4 members (excludes halogenated alkanes) is 15. The Bertz CT molecular complexity index is 505. The molecule has 0 aliphatic heterocycles. The second kappa shape index (κ2) is 18.9. The third-order valence-corrected chi connectivity index (χ3v) is 14.6. The summed E-state index contributed by atoms with van der Waals surface area (Å²) < 4.78 is 0. The fraction of sp³-hybridized carbons (Fsp3) is 0.812. The monoisotopic (exact) mass is 476 g/mol. The maximum absolute atomic E-state index is 2.85. The van der Waals surface area contributed by atoms with Crippen molar-refractivity contribution >= 4 is 6.60 Å². The summed E-state index contributed by atoms with van der Waals surface area (Å²) in [5.74, 6) is 0. The van der Waals surface area contributed by atoms with E-state index in [1.54, 1.807) is 24.0 Å². The van der Waals surface area contributed by atoms with Gasteiger partial charge in [-0.25, -0.2) is 0 Å². The Labute approximate surface area is 210 Å². The van der Waals surface area contributed by atoms with Gasteiger partial charge in [-0.2, -0.15) is 0 Å². The third kappa shape index (κ3) is 14.6. The van der Waals surface area contributed by atoms with E-state index in [1.807, 2.05) is 0 Å². The van der Waals surface area contributed by atoms with Crippen molar-refractivity contribution in [1.82, 2.24) is 0 Å². The summed E-state index contributed by atoms with van der Waals surface area (Å²) in [6, 6.07) is 11.6. The zero-order valence-corrected chi connectivity index (χ0v) is 24.3. The van der Waals surface area contributed by atoms with Crippen molar-refractivity contribution < 1.29 is 0 Å². The van der Waals surface area contributed by atoms with Crippen LogP contribution in [0, 0.1) is 0 Å². The van der Waals surface area contributed by atoms with Crippen molar-refractivity contribution in [3.05, 3.63) is 35.9 Å². The maximum atomic E-state index is 2.85. The first-order chi connectivity index (χ1) is 16.1. The van der Waals surface area contributed by atoms with Gasteiger partial charge in [0.15, 0.2) is 0 Å². The van der Waals surface area contributed by atoms with E-state index in [1.165, 1.54) is 122 Å². The van der Waals surface area contributed by atoms with Crippen LogP contribution < -0.4 is 0 Å². The molecule has 0 saturated heterocycles. The molecule has 194 valence electrons. The first kappa shape index (κ1) is 30.7. The molecule has 0 atom stereocenters. The van der Waals surface area contributed by atoms with Gasteiger partial charge in [-0.1, -0.05) is 0 Å².